The molecule has 59 heavy (non-hydrogen) atoms. The summed E-state index contributed by atoms with van der Waals surface area (Å²) < 4.78 is 7.56. The first-order valence-corrected chi connectivity index (χ1v) is 21.1. The summed E-state index contributed by atoms with van der Waals surface area (Å²) in [7, 11) is 0. The van der Waals surface area contributed by atoms with Crippen molar-refractivity contribution in [3.63, 3.8) is 0 Å². The van der Waals surface area contributed by atoms with Gasteiger partial charge in [-0.2, -0.15) is 0 Å². The van der Waals surface area contributed by atoms with Crippen LogP contribution in [-0.2, 0) is 0 Å². The van der Waals surface area contributed by atoms with Crippen molar-refractivity contribution in [1.82, 2.24) is 9.13 Å². The molecule has 0 aliphatic carbocycles. The summed E-state index contributed by atoms with van der Waals surface area (Å²) in [5.74, 6) is 0. The summed E-state index contributed by atoms with van der Waals surface area (Å²) >= 11 is 1.88. The first kappa shape index (κ1) is 32.6. The predicted molar refractivity (Wildman–Crippen MR) is 254 cm³/mol. The standard InChI is InChI=1S/C56H34N2S/c1-2-11-42-36(10-1)20-21-39-32-38(26-31-43(39)42)35-22-27-40(28-23-35)57-51-17-6-3-12-45(51)49-33-50-46-13-4-7-18-52(46)58(54(50)34-53(49)57)41-29-24-37(25-30-41)44-15-9-16-48-47-14-5-8-19-55(47)59-56(44)48/h1-34H. The van der Waals surface area contributed by atoms with E-state index in [-0.39, 0.29) is 0 Å². The summed E-state index contributed by atoms with van der Waals surface area (Å²) in [5.41, 5.74) is 12.0. The van der Waals surface area contributed by atoms with Crippen LogP contribution in [-0.4, -0.2) is 9.13 Å². The van der Waals surface area contributed by atoms with Crippen LogP contribution < -0.4 is 0 Å². The highest BCUT2D eigenvalue weighted by atomic mass is 32.1. The molecule has 2 nitrogen and oxygen atoms in total. The molecular weight excluding hydrogens is 733 g/mol. The minimum atomic E-state index is 1.15. The lowest BCUT2D eigenvalue weighted by molar-refractivity contribution is 1.16. The topological polar surface area (TPSA) is 9.86 Å². The minimum Gasteiger partial charge on any atom is -0.309 e. The normalized spacial score (nSPS) is 12.1. The number of rotatable bonds is 4. The Hall–Kier alpha value is -7.46. The monoisotopic (exact) mass is 766 g/mol. The number of thiophene rings is 1. The van der Waals surface area contributed by atoms with E-state index >= 15 is 0 Å². The molecule has 0 radical (unpaired) electrons. The van der Waals surface area contributed by atoms with Crippen molar-refractivity contribution in [2.45, 2.75) is 0 Å². The molecule has 3 heteroatoms. The van der Waals surface area contributed by atoms with Crippen molar-refractivity contribution < 1.29 is 0 Å². The Morgan fingerprint density at radius 1 is 0.288 bits per heavy atom. The van der Waals surface area contributed by atoms with Crippen molar-refractivity contribution in [3.05, 3.63) is 206 Å². The van der Waals surface area contributed by atoms with Gasteiger partial charge in [-0.3, -0.25) is 0 Å². The van der Waals surface area contributed by atoms with E-state index in [9.17, 15) is 0 Å². The molecule has 0 fully saturated rings. The van der Waals surface area contributed by atoms with E-state index in [2.05, 4.69) is 215 Å². The van der Waals surface area contributed by atoms with Gasteiger partial charge in [0, 0.05) is 53.1 Å². The number of benzene rings is 10. The van der Waals surface area contributed by atoms with E-state index in [1.807, 2.05) is 11.3 Å². The Bertz CT molecular complexity index is 3820. The van der Waals surface area contributed by atoms with Gasteiger partial charge in [0.05, 0.1) is 22.1 Å². The third-order valence-corrected chi connectivity index (χ3v) is 13.7. The average molecular weight is 767 g/mol. The SMILES string of the molecule is c1ccc2c(c1)ccc1cc(-c3ccc(-n4c5ccccc5c5cc6c7ccccc7n(-c7ccc(-c8cccc9c8sc8ccccc89)cc7)c6cc54)cc3)ccc12. The molecule has 0 amide bonds. The molecule has 0 atom stereocenters. The lowest BCUT2D eigenvalue weighted by atomic mass is 9.97. The zero-order valence-electron chi connectivity index (χ0n) is 31.9. The first-order valence-electron chi connectivity index (χ1n) is 20.2. The van der Waals surface area contributed by atoms with Gasteiger partial charge in [0.15, 0.2) is 0 Å². The largest absolute Gasteiger partial charge is 0.309 e. The third-order valence-electron chi connectivity index (χ3n) is 12.5. The van der Waals surface area contributed by atoms with Crippen molar-refractivity contribution in [2.24, 2.45) is 0 Å². The summed E-state index contributed by atoms with van der Waals surface area (Å²) in [6.07, 6.45) is 0. The van der Waals surface area contributed by atoms with Gasteiger partial charge in [-0.15, -0.1) is 11.3 Å². The molecule has 3 heterocycles. The van der Waals surface area contributed by atoms with Gasteiger partial charge >= 0.3 is 0 Å². The number of fused-ring (bicyclic) bond motifs is 12. The molecule has 0 spiro atoms. The summed E-state index contributed by atoms with van der Waals surface area (Å²) in [4.78, 5) is 0. The minimum absolute atomic E-state index is 1.15. The van der Waals surface area contributed by atoms with E-state index in [4.69, 9.17) is 0 Å². The predicted octanol–water partition coefficient (Wildman–Crippen LogP) is 15.9. The summed E-state index contributed by atoms with van der Waals surface area (Å²) in [6, 6.07) is 76.2. The van der Waals surface area contributed by atoms with Crippen LogP contribution in [0, 0.1) is 0 Å². The quantitative estimate of drug-likeness (QED) is 0.158. The zero-order chi connectivity index (χ0) is 38.6. The Kier molecular flexibility index (Phi) is 6.92. The van der Waals surface area contributed by atoms with Gasteiger partial charge in [-0.25, -0.2) is 0 Å². The maximum absolute atomic E-state index is 2.45. The Balaban J connectivity index is 0.956. The highest BCUT2D eigenvalue weighted by Gasteiger charge is 2.19. The van der Waals surface area contributed by atoms with Crippen molar-refractivity contribution in [1.29, 1.82) is 0 Å². The number of hydrogen-bond donors (Lipinski definition) is 0. The number of nitrogens with zero attached hydrogens (tertiary/aromatic N) is 2. The molecule has 274 valence electrons. The van der Waals surface area contributed by atoms with E-state index < -0.39 is 0 Å². The van der Waals surface area contributed by atoms with Crippen LogP contribution in [0.3, 0.4) is 0 Å². The van der Waals surface area contributed by atoms with E-state index in [0.29, 0.717) is 0 Å². The van der Waals surface area contributed by atoms with Crippen molar-refractivity contribution in [3.8, 4) is 33.6 Å². The van der Waals surface area contributed by atoms with Gasteiger partial charge in [0.1, 0.15) is 0 Å². The van der Waals surface area contributed by atoms with E-state index in [1.165, 1.54) is 108 Å². The fourth-order valence-corrected chi connectivity index (χ4v) is 11.0. The third kappa shape index (κ3) is 4.86. The van der Waals surface area contributed by atoms with Crippen LogP contribution in [0.5, 0.6) is 0 Å². The van der Waals surface area contributed by atoms with Crippen molar-refractivity contribution in [2.75, 3.05) is 0 Å². The lowest BCUT2D eigenvalue weighted by Crippen LogP contribution is -1.96. The van der Waals surface area contributed by atoms with E-state index in [0.717, 1.165) is 11.4 Å². The molecule has 0 unspecified atom stereocenters. The smallest absolute Gasteiger partial charge is 0.0562 e. The molecule has 10 aromatic carbocycles. The van der Waals surface area contributed by atoms with Gasteiger partial charge in [-0.05, 0) is 104 Å². The second-order valence-corrected chi connectivity index (χ2v) is 16.7. The molecular formula is C56H34N2S. The maximum Gasteiger partial charge on any atom is 0.0562 e. The molecule has 13 aromatic rings. The van der Waals surface area contributed by atoms with Gasteiger partial charge in [0.2, 0.25) is 0 Å². The molecule has 13 rings (SSSR count). The highest BCUT2D eigenvalue weighted by Crippen LogP contribution is 2.42. The molecule has 0 bridgehead atoms. The number of hydrogen-bond acceptors (Lipinski definition) is 1. The second kappa shape index (κ2) is 12.5. The van der Waals surface area contributed by atoms with Gasteiger partial charge in [0.25, 0.3) is 0 Å². The zero-order valence-corrected chi connectivity index (χ0v) is 32.7. The maximum atomic E-state index is 2.45. The van der Waals surface area contributed by atoms with Crippen LogP contribution in [0.1, 0.15) is 0 Å². The molecule has 0 saturated carbocycles. The molecule has 0 saturated heterocycles. The number of aromatic nitrogens is 2. The summed E-state index contributed by atoms with van der Waals surface area (Å²) in [6.45, 7) is 0. The second-order valence-electron chi connectivity index (χ2n) is 15.7. The highest BCUT2D eigenvalue weighted by molar-refractivity contribution is 7.26. The fraction of sp³-hybridized carbons (Fsp3) is 0. The first-order chi connectivity index (χ1) is 29.2. The molecule has 3 aromatic heterocycles. The summed E-state index contributed by atoms with van der Waals surface area (Å²) in [5, 5.41) is 12.8. The lowest BCUT2D eigenvalue weighted by Gasteiger charge is -2.12. The fourth-order valence-electron chi connectivity index (χ4n) is 9.75. The van der Waals surface area contributed by atoms with Crippen LogP contribution in [0.4, 0.5) is 0 Å². The van der Waals surface area contributed by atoms with Crippen LogP contribution >= 0.6 is 11.3 Å². The molecule has 0 aliphatic rings. The van der Waals surface area contributed by atoms with Crippen LogP contribution in [0.2, 0.25) is 0 Å². The Morgan fingerprint density at radius 3 is 1.54 bits per heavy atom. The number of para-hydroxylation sites is 2. The van der Waals surface area contributed by atoms with Gasteiger partial charge in [-0.1, -0.05) is 146 Å². The van der Waals surface area contributed by atoms with Crippen molar-refractivity contribution >= 4 is 96.7 Å². The van der Waals surface area contributed by atoms with Gasteiger partial charge < -0.3 is 9.13 Å². The Morgan fingerprint density at radius 2 is 0.831 bits per heavy atom. The molecule has 0 aliphatic heterocycles. The van der Waals surface area contributed by atoms with Crippen LogP contribution in [0.15, 0.2) is 206 Å². The average Bonchev–Trinajstić information content (AvgIpc) is 3.95. The van der Waals surface area contributed by atoms with Crippen LogP contribution in [0.25, 0.3) is 119 Å². The van der Waals surface area contributed by atoms with E-state index in [1.54, 1.807) is 0 Å². The Labute approximate surface area is 344 Å². The molecule has 0 N–H and O–H groups in total.